The zero-order valence-electron chi connectivity index (χ0n) is 37.0. The van der Waals surface area contributed by atoms with Gasteiger partial charge in [0.2, 0.25) is 0 Å². The molecule has 0 unspecified atom stereocenters. The molecule has 15 rings (SSSR count). The average Bonchev–Trinajstić information content (AvgIpc) is 4.16. The molecule has 1 spiro atoms. The lowest BCUT2D eigenvalue weighted by Gasteiger charge is -2.30. The van der Waals surface area contributed by atoms with Crippen molar-refractivity contribution in [1.29, 1.82) is 0 Å². The van der Waals surface area contributed by atoms with Crippen LogP contribution in [0.2, 0.25) is 0 Å². The molecule has 10 aromatic carbocycles. The van der Waals surface area contributed by atoms with Gasteiger partial charge in [-0.05, 0) is 103 Å². The van der Waals surface area contributed by atoms with Gasteiger partial charge in [0.15, 0.2) is 17.5 Å². The fourth-order valence-electron chi connectivity index (χ4n) is 11.7. The van der Waals surface area contributed by atoms with Gasteiger partial charge in [-0.25, -0.2) is 15.0 Å². The van der Waals surface area contributed by atoms with Gasteiger partial charge in [-0.3, -0.25) is 0 Å². The fourth-order valence-corrected chi connectivity index (χ4v) is 12.9. The van der Waals surface area contributed by atoms with Crippen LogP contribution in [0.15, 0.2) is 229 Å². The number of benzene rings is 10. The molecule has 0 N–H and O–H groups in total. The van der Waals surface area contributed by atoms with Crippen LogP contribution in [0.3, 0.4) is 0 Å². The van der Waals surface area contributed by atoms with Crippen molar-refractivity contribution >= 4 is 53.4 Å². The number of thiophene rings is 1. The first kappa shape index (κ1) is 38.3. The molecule has 0 aliphatic heterocycles. The van der Waals surface area contributed by atoms with E-state index in [1.807, 2.05) is 30.3 Å². The van der Waals surface area contributed by atoms with Crippen molar-refractivity contribution < 1.29 is 4.42 Å². The smallest absolute Gasteiger partial charge is 0.165 e. The Morgan fingerprint density at radius 2 is 0.884 bits per heavy atom. The second-order valence-corrected chi connectivity index (χ2v) is 19.2. The molecule has 5 heteroatoms. The summed E-state index contributed by atoms with van der Waals surface area (Å²) in [7, 11) is 0. The molecule has 2 aliphatic carbocycles. The maximum Gasteiger partial charge on any atom is 0.165 e. The molecule has 0 bridgehead atoms. The minimum Gasteiger partial charge on any atom is -0.456 e. The van der Waals surface area contributed by atoms with Gasteiger partial charge in [-0.2, -0.15) is 0 Å². The van der Waals surface area contributed by atoms with Crippen molar-refractivity contribution in [2.45, 2.75) is 5.41 Å². The van der Waals surface area contributed by atoms with Crippen LogP contribution in [-0.4, -0.2) is 15.0 Å². The quantitative estimate of drug-likeness (QED) is 0.173. The number of rotatable bonds is 5. The van der Waals surface area contributed by atoms with Gasteiger partial charge in [-0.1, -0.05) is 188 Å². The van der Waals surface area contributed by atoms with Crippen LogP contribution in [0.5, 0.6) is 0 Å². The molecule has 13 aromatic rings. The van der Waals surface area contributed by atoms with Crippen LogP contribution in [0.1, 0.15) is 22.3 Å². The summed E-state index contributed by atoms with van der Waals surface area (Å²) >= 11 is 1.78. The highest BCUT2D eigenvalue weighted by molar-refractivity contribution is 7.26. The van der Waals surface area contributed by atoms with E-state index >= 15 is 0 Å². The molecule has 0 atom stereocenters. The van der Waals surface area contributed by atoms with Gasteiger partial charge in [-0.15, -0.1) is 11.3 Å². The SMILES string of the molecule is c1ccc(-c2nc(-c3cccc4c3sc3ccccc34)nc(-c3cccc4oc5ccc(-c6cccc(-c7cccc8c7-c7ccccc7C87c8ccccc8-c8ccccc87)c6)cc5c34)n2)cc1. The molecule has 0 fully saturated rings. The maximum absolute atomic E-state index is 6.63. The molecular formula is C64H37N3OS. The summed E-state index contributed by atoms with van der Waals surface area (Å²) in [6.45, 7) is 0. The molecule has 2 aliphatic rings. The second kappa shape index (κ2) is 14.6. The Morgan fingerprint density at radius 1 is 0.333 bits per heavy atom. The van der Waals surface area contributed by atoms with E-state index in [0.717, 1.165) is 54.5 Å². The van der Waals surface area contributed by atoms with Crippen molar-refractivity contribution in [1.82, 2.24) is 15.0 Å². The predicted octanol–water partition coefficient (Wildman–Crippen LogP) is 16.8. The summed E-state index contributed by atoms with van der Waals surface area (Å²) in [4.78, 5) is 15.7. The molecule has 320 valence electrons. The van der Waals surface area contributed by atoms with Crippen LogP contribution < -0.4 is 0 Å². The lowest BCUT2D eigenvalue weighted by atomic mass is 9.70. The highest BCUT2D eigenvalue weighted by Gasteiger charge is 2.52. The monoisotopic (exact) mass is 895 g/mol. The minimum absolute atomic E-state index is 0.398. The largest absolute Gasteiger partial charge is 0.456 e. The molecule has 0 radical (unpaired) electrons. The summed E-state index contributed by atoms with van der Waals surface area (Å²) in [5.41, 5.74) is 19.2. The summed E-state index contributed by atoms with van der Waals surface area (Å²) < 4.78 is 9.03. The van der Waals surface area contributed by atoms with Gasteiger partial charge >= 0.3 is 0 Å². The van der Waals surface area contributed by atoms with Crippen LogP contribution in [-0.2, 0) is 5.41 Å². The Bertz CT molecular complexity index is 4230. The third-order valence-corrected chi connectivity index (χ3v) is 15.8. The molecule has 3 aromatic heterocycles. The molecule has 4 nitrogen and oxygen atoms in total. The third-order valence-electron chi connectivity index (χ3n) is 14.6. The Hall–Kier alpha value is -8.77. The van der Waals surface area contributed by atoms with E-state index in [2.05, 4.69) is 194 Å². The van der Waals surface area contributed by atoms with Gasteiger partial charge in [0.25, 0.3) is 0 Å². The lowest BCUT2D eigenvalue weighted by molar-refractivity contribution is 0.669. The van der Waals surface area contributed by atoms with E-state index in [1.54, 1.807) is 11.3 Å². The molecule has 0 saturated heterocycles. The number of hydrogen-bond donors (Lipinski definition) is 0. The molecule has 3 heterocycles. The Balaban J connectivity index is 0.888. The van der Waals surface area contributed by atoms with Crippen molar-refractivity contribution in [2.75, 3.05) is 0 Å². The predicted molar refractivity (Wildman–Crippen MR) is 283 cm³/mol. The van der Waals surface area contributed by atoms with Crippen LogP contribution >= 0.6 is 11.3 Å². The number of fused-ring (bicyclic) bond motifs is 16. The van der Waals surface area contributed by atoms with Crippen molar-refractivity contribution in [3.05, 3.63) is 247 Å². The van der Waals surface area contributed by atoms with Crippen LogP contribution in [0.25, 0.3) is 121 Å². The summed E-state index contributed by atoms with van der Waals surface area (Å²) in [5.74, 6) is 1.86. The first-order valence-corrected chi connectivity index (χ1v) is 24.2. The molecule has 0 amide bonds. The van der Waals surface area contributed by atoms with E-state index in [0.29, 0.717) is 17.5 Å². The van der Waals surface area contributed by atoms with E-state index in [4.69, 9.17) is 19.4 Å². The van der Waals surface area contributed by atoms with Gasteiger partial charge in [0.1, 0.15) is 11.2 Å². The van der Waals surface area contributed by atoms with Crippen molar-refractivity contribution in [2.24, 2.45) is 0 Å². The van der Waals surface area contributed by atoms with Gasteiger partial charge in [0, 0.05) is 47.6 Å². The highest BCUT2D eigenvalue weighted by Crippen LogP contribution is 2.64. The maximum atomic E-state index is 6.63. The van der Waals surface area contributed by atoms with E-state index in [9.17, 15) is 0 Å². The molecular weight excluding hydrogens is 859 g/mol. The summed E-state index contributed by atoms with van der Waals surface area (Å²) in [5, 5.41) is 4.42. The zero-order chi connectivity index (χ0) is 45.2. The first-order chi connectivity index (χ1) is 34.2. The van der Waals surface area contributed by atoms with E-state index in [1.165, 1.54) is 71.1 Å². The second-order valence-electron chi connectivity index (χ2n) is 18.1. The average molecular weight is 896 g/mol. The normalized spacial score (nSPS) is 13.0. The van der Waals surface area contributed by atoms with Crippen molar-refractivity contribution in [3.63, 3.8) is 0 Å². The number of aromatic nitrogens is 3. The van der Waals surface area contributed by atoms with Gasteiger partial charge in [0.05, 0.1) is 5.41 Å². The zero-order valence-corrected chi connectivity index (χ0v) is 37.8. The van der Waals surface area contributed by atoms with Gasteiger partial charge < -0.3 is 4.42 Å². The Kier molecular flexibility index (Phi) is 8.12. The summed E-state index contributed by atoms with van der Waals surface area (Å²) in [6.07, 6.45) is 0. The minimum atomic E-state index is -0.398. The topological polar surface area (TPSA) is 51.8 Å². The van der Waals surface area contributed by atoms with Crippen LogP contribution in [0.4, 0.5) is 0 Å². The van der Waals surface area contributed by atoms with E-state index in [-0.39, 0.29) is 0 Å². The van der Waals surface area contributed by atoms with Crippen molar-refractivity contribution in [3.8, 4) is 78.7 Å². The Morgan fingerprint density at radius 3 is 1.71 bits per heavy atom. The molecule has 69 heavy (non-hydrogen) atoms. The first-order valence-electron chi connectivity index (χ1n) is 23.4. The van der Waals surface area contributed by atoms with E-state index < -0.39 is 5.41 Å². The lowest BCUT2D eigenvalue weighted by Crippen LogP contribution is -2.25. The number of nitrogens with zero attached hydrogens (tertiary/aromatic N) is 3. The number of hydrogen-bond acceptors (Lipinski definition) is 5. The number of furan rings is 1. The Labute approximate surface area is 401 Å². The standard InChI is InChI=1S/C64H37N3OS/c1-2-16-38(17-3-1)61-65-62(67-63(66-61)49-27-13-25-46-45-22-7-11-33-57(45)69-60(46)49)48-26-15-32-56-59(48)50-37-40(34-35-55(50)68-56)39-18-12-19-41(36-39)42-24-14-31-54-58(42)47-23-6-10-30-53(47)64(54)51-28-8-4-20-43(51)44-21-5-9-29-52(44)64/h1-37H. The summed E-state index contributed by atoms with van der Waals surface area (Å²) in [6, 6.07) is 80.9. The third kappa shape index (κ3) is 5.48. The van der Waals surface area contributed by atoms with Crippen LogP contribution in [0, 0.1) is 0 Å². The fraction of sp³-hybridized carbons (Fsp3) is 0.0156. The highest BCUT2D eigenvalue weighted by atomic mass is 32.1. The molecule has 0 saturated carbocycles.